The van der Waals surface area contributed by atoms with Gasteiger partial charge in [-0.1, -0.05) is 6.08 Å². The van der Waals surface area contributed by atoms with Crippen LogP contribution in [-0.4, -0.2) is 29.3 Å². The molecule has 1 aromatic rings. The Bertz CT molecular complexity index is 503. The molecule has 0 atom stereocenters. The molecule has 0 saturated heterocycles. The van der Waals surface area contributed by atoms with Crippen molar-refractivity contribution in [1.29, 1.82) is 0 Å². The fourth-order valence-corrected chi connectivity index (χ4v) is 1.97. The maximum atomic E-state index is 12.1. The van der Waals surface area contributed by atoms with Gasteiger partial charge in [-0.25, -0.2) is 0 Å². The van der Waals surface area contributed by atoms with Gasteiger partial charge in [0.25, 0.3) is 11.6 Å². The number of carbonyl (C=O) groups is 1. The number of carbonyl (C=O) groups excluding carboxylic acids is 1. The van der Waals surface area contributed by atoms with Crippen LogP contribution in [0.1, 0.15) is 23.2 Å². The van der Waals surface area contributed by atoms with Crippen LogP contribution in [0.2, 0.25) is 0 Å². The van der Waals surface area contributed by atoms with Gasteiger partial charge in [0.05, 0.1) is 9.40 Å². The number of hydrogen-bond acceptors (Lipinski definition) is 3. The molecule has 0 saturated carbocycles. The Morgan fingerprint density at radius 2 is 2.26 bits per heavy atom. The first-order valence-corrected chi connectivity index (χ1v) is 6.57. The lowest BCUT2D eigenvalue weighted by molar-refractivity contribution is -0.385. The average molecular weight is 327 g/mol. The molecule has 0 unspecified atom stereocenters. The molecule has 6 heteroatoms. The Hall–Kier alpha value is -1.69. The van der Waals surface area contributed by atoms with Crippen molar-refractivity contribution in [2.45, 2.75) is 12.8 Å². The number of nitrogens with zero attached hydrogens (tertiary/aromatic N) is 2. The van der Waals surface area contributed by atoms with E-state index < -0.39 is 4.92 Å². The van der Waals surface area contributed by atoms with Crippen LogP contribution in [0.25, 0.3) is 0 Å². The van der Waals surface area contributed by atoms with Crippen molar-refractivity contribution in [3.8, 4) is 0 Å². The predicted molar refractivity (Wildman–Crippen MR) is 77.2 cm³/mol. The number of benzene rings is 1. The number of hydrogen-bond donors (Lipinski definition) is 0. The Morgan fingerprint density at radius 1 is 1.58 bits per heavy atom. The first-order valence-electron chi connectivity index (χ1n) is 5.77. The zero-order chi connectivity index (χ0) is 14.4. The number of rotatable bonds is 6. The van der Waals surface area contributed by atoms with Gasteiger partial charge in [-0.3, -0.25) is 14.9 Å². The van der Waals surface area contributed by atoms with Crippen LogP contribution in [-0.2, 0) is 0 Å². The van der Waals surface area contributed by atoms with E-state index >= 15 is 0 Å². The summed E-state index contributed by atoms with van der Waals surface area (Å²) in [6.07, 6.45) is 3.45. The van der Waals surface area contributed by atoms with E-state index in [1.165, 1.54) is 12.1 Å². The van der Waals surface area contributed by atoms with Crippen molar-refractivity contribution in [1.82, 2.24) is 4.90 Å². The van der Waals surface area contributed by atoms with Gasteiger partial charge in [0.2, 0.25) is 0 Å². The number of nitro benzene ring substituents is 1. The number of unbranched alkanes of at least 4 members (excludes halogenated alkanes) is 1. The minimum absolute atomic E-state index is 0.106. The maximum Gasteiger partial charge on any atom is 0.284 e. The lowest BCUT2D eigenvalue weighted by atomic mass is 10.1. The molecular weight excluding hydrogens is 312 g/mol. The Balaban J connectivity index is 2.84. The van der Waals surface area contributed by atoms with E-state index in [-0.39, 0.29) is 11.6 Å². The third-order valence-corrected chi connectivity index (χ3v) is 3.31. The van der Waals surface area contributed by atoms with Crippen molar-refractivity contribution < 1.29 is 9.72 Å². The third-order valence-electron chi connectivity index (χ3n) is 2.64. The number of nitro groups is 1. The smallest absolute Gasteiger partial charge is 0.284 e. The lowest BCUT2D eigenvalue weighted by Gasteiger charge is -2.16. The molecule has 0 aliphatic rings. The van der Waals surface area contributed by atoms with E-state index in [4.69, 9.17) is 0 Å². The summed E-state index contributed by atoms with van der Waals surface area (Å²) in [5.74, 6) is -0.223. The number of amides is 1. The first kappa shape index (κ1) is 15.4. The summed E-state index contributed by atoms with van der Waals surface area (Å²) in [6, 6.07) is 4.38. The Kier molecular flexibility index (Phi) is 5.69. The van der Waals surface area contributed by atoms with Gasteiger partial charge in [0.1, 0.15) is 0 Å². The van der Waals surface area contributed by atoms with Crippen molar-refractivity contribution in [3.05, 3.63) is 51.0 Å². The average Bonchev–Trinajstić information content (AvgIpc) is 2.38. The minimum atomic E-state index is -0.515. The predicted octanol–water partition coefficient (Wildman–Crippen LogP) is 3.40. The van der Waals surface area contributed by atoms with E-state index in [0.717, 1.165) is 12.8 Å². The first-order chi connectivity index (χ1) is 8.97. The zero-order valence-corrected chi connectivity index (χ0v) is 12.2. The summed E-state index contributed by atoms with van der Waals surface area (Å²) < 4.78 is 0.364. The summed E-state index contributed by atoms with van der Waals surface area (Å²) in [7, 11) is 1.68. The molecule has 0 N–H and O–H groups in total. The molecule has 1 aromatic carbocycles. The van der Waals surface area contributed by atoms with Crippen LogP contribution < -0.4 is 0 Å². The second-order valence-corrected chi connectivity index (χ2v) is 4.94. The van der Waals surface area contributed by atoms with Crippen LogP contribution in [0.3, 0.4) is 0 Å². The van der Waals surface area contributed by atoms with Gasteiger partial charge in [-0.2, -0.15) is 0 Å². The van der Waals surface area contributed by atoms with Crippen LogP contribution in [0.4, 0.5) is 5.69 Å². The molecule has 0 aliphatic heterocycles. The van der Waals surface area contributed by atoms with Crippen molar-refractivity contribution in [2.24, 2.45) is 0 Å². The van der Waals surface area contributed by atoms with E-state index in [9.17, 15) is 14.9 Å². The molecule has 0 fully saturated rings. The fourth-order valence-electron chi connectivity index (χ4n) is 1.58. The third kappa shape index (κ3) is 4.17. The van der Waals surface area contributed by atoms with E-state index in [1.54, 1.807) is 24.1 Å². The zero-order valence-electron chi connectivity index (χ0n) is 10.6. The van der Waals surface area contributed by atoms with Gasteiger partial charge >= 0.3 is 0 Å². The van der Waals surface area contributed by atoms with Gasteiger partial charge in [0.15, 0.2) is 0 Å². The van der Waals surface area contributed by atoms with Crippen molar-refractivity contribution in [2.75, 3.05) is 13.6 Å². The summed E-state index contributed by atoms with van der Waals surface area (Å²) in [5, 5.41) is 10.8. The summed E-state index contributed by atoms with van der Waals surface area (Å²) >= 11 is 3.09. The molecule has 5 nitrogen and oxygen atoms in total. The lowest BCUT2D eigenvalue weighted by Crippen LogP contribution is -2.27. The van der Waals surface area contributed by atoms with Gasteiger partial charge in [-0.15, -0.1) is 6.58 Å². The topological polar surface area (TPSA) is 63.5 Å². The highest BCUT2D eigenvalue weighted by Gasteiger charge is 2.17. The molecule has 0 bridgehead atoms. The molecule has 0 radical (unpaired) electrons. The molecule has 1 rings (SSSR count). The van der Waals surface area contributed by atoms with E-state index in [2.05, 4.69) is 22.5 Å². The minimum Gasteiger partial charge on any atom is -0.342 e. The van der Waals surface area contributed by atoms with Crippen molar-refractivity contribution in [3.63, 3.8) is 0 Å². The quantitative estimate of drug-likeness (QED) is 0.348. The Morgan fingerprint density at radius 3 is 2.84 bits per heavy atom. The SMILES string of the molecule is C=CCCCN(C)C(=O)c1ccc(Br)c([N+](=O)[O-])c1. The monoisotopic (exact) mass is 326 g/mol. The van der Waals surface area contributed by atoms with Crippen molar-refractivity contribution >= 4 is 27.5 Å². The maximum absolute atomic E-state index is 12.1. The molecule has 0 aromatic heterocycles. The molecule has 102 valence electrons. The Labute approximate surface area is 120 Å². The fraction of sp³-hybridized carbons (Fsp3) is 0.308. The summed E-state index contributed by atoms with van der Waals surface area (Å²) in [6.45, 7) is 4.21. The molecule has 0 heterocycles. The highest BCUT2D eigenvalue weighted by molar-refractivity contribution is 9.10. The highest BCUT2D eigenvalue weighted by atomic mass is 79.9. The summed E-state index contributed by atoms with van der Waals surface area (Å²) in [4.78, 5) is 23.9. The standard InChI is InChI=1S/C13H15BrN2O3/c1-3-4-5-8-15(2)13(17)10-6-7-11(14)12(9-10)16(18)19/h3,6-7,9H,1,4-5,8H2,2H3. The van der Waals surface area contributed by atoms with E-state index in [1.807, 2.05) is 0 Å². The largest absolute Gasteiger partial charge is 0.342 e. The number of halogens is 1. The second-order valence-electron chi connectivity index (χ2n) is 4.08. The number of allylic oxidation sites excluding steroid dienone is 1. The van der Waals surface area contributed by atoms with Gasteiger partial charge in [0, 0.05) is 25.2 Å². The normalized spacial score (nSPS) is 10.0. The molecule has 1 amide bonds. The molecule has 19 heavy (non-hydrogen) atoms. The van der Waals surface area contributed by atoms with Crippen LogP contribution in [0, 0.1) is 10.1 Å². The van der Waals surface area contributed by atoms with Crippen LogP contribution in [0.15, 0.2) is 35.3 Å². The van der Waals surface area contributed by atoms with Gasteiger partial charge in [-0.05, 0) is 40.9 Å². The molecule has 0 aliphatic carbocycles. The summed E-state index contributed by atoms with van der Waals surface area (Å²) in [5.41, 5.74) is 0.210. The van der Waals surface area contributed by atoms with Gasteiger partial charge < -0.3 is 4.90 Å². The van der Waals surface area contributed by atoms with E-state index in [0.29, 0.717) is 16.6 Å². The molecular formula is C13H15BrN2O3. The molecule has 0 spiro atoms. The van der Waals surface area contributed by atoms with Crippen LogP contribution in [0.5, 0.6) is 0 Å². The van der Waals surface area contributed by atoms with Crippen LogP contribution >= 0.6 is 15.9 Å². The second kappa shape index (κ2) is 7.04. The highest BCUT2D eigenvalue weighted by Crippen LogP contribution is 2.26.